The number of anilines is 2. The lowest BCUT2D eigenvalue weighted by molar-refractivity contribution is -0.0405. The SMILES string of the molecule is C[C@H]1[C@@H](F)[C@H](n2cnc3c(N)ncnc32)O[C@@H]1COP(O)(=S)O[C@@H]1[C@H](O)[C@@H](C)C[C@H]1n1cnc2c(N)ncnc21. The third-order valence-electron chi connectivity index (χ3n) is 7.65. The van der Waals surface area contributed by atoms with Gasteiger partial charge < -0.3 is 39.8 Å². The van der Waals surface area contributed by atoms with Crippen molar-refractivity contribution in [3.63, 3.8) is 0 Å². The van der Waals surface area contributed by atoms with Crippen LogP contribution >= 0.6 is 6.72 Å². The topological polar surface area (TPSA) is 207 Å². The van der Waals surface area contributed by atoms with Crippen molar-refractivity contribution >= 4 is 52.5 Å². The number of aromatic nitrogens is 8. The molecule has 1 aliphatic carbocycles. The number of nitrogens with zero attached hydrogens (tertiary/aromatic N) is 8. The molecule has 9 atom stereocenters. The number of ether oxygens (including phenoxy) is 1. The number of imidazole rings is 2. The van der Waals surface area contributed by atoms with Gasteiger partial charge in [-0.15, -0.1) is 0 Å². The molecule has 6 N–H and O–H groups in total. The number of hydrogen-bond acceptors (Lipinski definition) is 13. The molecule has 5 heterocycles. The Hall–Kier alpha value is -2.92. The Kier molecular flexibility index (Phi) is 6.93. The number of alkyl halides is 1. The van der Waals surface area contributed by atoms with Crippen molar-refractivity contribution in [2.24, 2.45) is 11.8 Å². The predicted octanol–water partition coefficient (Wildman–Crippen LogP) is 1.26. The van der Waals surface area contributed by atoms with Crippen LogP contribution in [0.15, 0.2) is 25.3 Å². The van der Waals surface area contributed by atoms with Crippen LogP contribution in [0.25, 0.3) is 22.3 Å². The van der Waals surface area contributed by atoms with Crippen LogP contribution in [-0.2, 0) is 25.6 Å². The van der Waals surface area contributed by atoms with Crippen LogP contribution in [0.5, 0.6) is 0 Å². The second-order valence-electron chi connectivity index (χ2n) is 10.1. The maximum atomic E-state index is 15.4. The first-order valence-corrected chi connectivity index (χ1v) is 15.1. The third kappa shape index (κ3) is 4.60. The van der Waals surface area contributed by atoms with Gasteiger partial charge in [-0.25, -0.2) is 34.3 Å². The largest absolute Gasteiger partial charge is 0.390 e. The molecule has 0 radical (unpaired) electrons. The summed E-state index contributed by atoms with van der Waals surface area (Å²) in [6.45, 7) is -0.629. The quantitative estimate of drug-likeness (QED) is 0.222. The van der Waals surface area contributed by atoms with Gasteiger partial charge in [0.1, 0.15) is 29.8 Å². The van der Waals surface area contributed by atoms with E-state index in [0.29, 0.717) is 28.7 Å². The Morgan fingerprint density at radius 3 is 2.30 bits per heavy atom. The highest BCUT2D eigenvalue weighted by molar-refractivity contribution is 8.07. The number of fused-ring (bicyclic) bond motifs is 2. The van der Waals surface area contributed by atoms with Crippen LogP contribution in [0.3, 0.4) is 0 Å². The second kappa shape index (κ2) is 10.2. The zero-order chi connectivity index (χ0) is 28.3. The fraction of sp³-hybridized carbons (Fsp3) is 0.545. The molecule has 2 fully saturated rings. The van der Waals surface area contributed by atoms with E-state index in [0.717, 1.165) is 0 Å². The summed E-state index contributed by atoms with van der Waals surface area (Å²) < 4.78 is 36.0. The molecule has 0 amide bonds. The van der Waals surface area contributed by atoms with E-state index >= 15 is 4.39 Å². The van der Waals surface area contributed by atoms with Crippen LogP contribution in [0.4, 0.5) is 16.0 Å². The number of nitrogen functional groups attached to an aromatic ring is 2. The maximum absolute atomic E-state index is 15.4. The molecule has 40 heavy (non-hydrogen) atoms. The standard InChI is InChI=1S/C22H28FN10O5PS/c1-9-3-11(32-7-30-14-18(24)26-5-28-20(14)32)17(16(9)34)38-39(35,40)36-4-12-10(2)13(23)22(37-12)33-8-31-15-19(25)27-6-29-21(15)33/h5-13,16-17,22,34H,3-4H2,1-2H3,(H,35,40)(H2,24,26,28)(H2,25,27,29)/t9-,10+,11+,12+,13+,16+,17-,22+,39?/m0/s1. The molecule has 0 bridgehead atoms. The minimum atomic E-state index is -3.92. The molecule has 2 aliphatic rings. The van der Waals surface area contributed by atoms with E-state index in [9.17, 15) is 10.00 Å². The molecule has 0 aromatic carbocycles. The average Bonchev–Trinajstić information content (AvgIpc) is 3.67. The van der Waals surface area contributed by atoms with Gasteiger partial charge in [0.15, 0.2) is 35.3 Å². The summed E-state index contributed by atoms with van der Waals surface area (Å²) >= 11 is 5.31. The lowest BCUT2D eigenvalue weighted by Gasteiger charge is -2.28. The first-order chi connectivity index (χ1) is 19.1. The number of aliphatic hydroxyl groups is 1. The highest BCUT2D eigenvalue weighted by atomic mass is 32.5. The molecule has 214 valence electrons. The fourth-order valence-corrected chi connectivity index (χ4v) is 6.83. The van der Waals surface area contributed by atoms with Crippen molar-refractivity contribution in [1.29, 1.82) is 0 Å². The van der Waals surface area contributed by atoms with E-state index in [4.69, 9.17) is 37.1 Å². The molecule has 1 aliphatic heterocycles. The summed E-state index contributed by atoms with van der Waals surface area (Å²) in [6.07, 6.45) is 0.879. The molecule has 1 saturated carbocycles. The molecule has 18 heteroatoms. The van der Waals surface area contributed by atoms with Crippen molar-refractivity contribution in [3.8, 4) is 0 Å². The van der Waals surface area contributed by atoms with Crippen LogP contribution in [0.2, 0.25) is 0 Å². The van der Waals surface area contributed by atoms with Crippen LogP contribution in [0.1, 0.15) is 32.5 Å². The van der Waals surface area contributed by atoms with Gasteiger partial charge in [0.2, 0.25) is 0 Å². The molecule has 1 saturated heterocycles. The van der Waals surface area contributed by atoms with E-state index < -0.39 is 49.4 Å². The summed E-state index contributed by atoms with van der Waals surface area (Å²) in [4.78, 5) is 35.7. The Morgan fingerprint density at radius 2 is 1.65 bits per heavy atom. The second-order valence-corrected chi connectivity index (χ2v) is 12.9. The van der Waals surface area contributed by atoms with Crippen molar-refractivity contribution < 1.29 is 28.2 Å². The Bertz CT molecular complexity index is 1610. The molecule has 4 aromatic heterocycles. The monoisotopic (exact) mass is 594 g/mol. The lowest BCUT2D eigenvalue weighted by Crippen LogP contribution is -2.32. The third-order valence-corrected chi connectivity index (χ3v) is 9.21. The molecule has 15 nitrogen and oxygen atoms in total. The zero-order valence-corrected chi connectivity index (χ0v) is 23.1. The highest BCUT2D eigenvalue weighted by Crippen LogP contribution is 2.52. The summed E-state index contributed by atoms with van der Waals surface area (Å²) in [7, 11) is 0. The van der Waals surface area contributed by atoms with Crippen LogP contribution in [0, 0.1) is 11.8 Å². The fourth-order valence-electron chi connectivity index (χ4n) is 5.38. The van der Waals surface area contributed by atoms with E-state index in [-0.39, 0.29) is 24.2 Å². The lowest BCUT2D eigenvalue weighted by atomic mass is 10.0. The van der Waals surface area contributed by atoms with E-state index in [1.165, 1.54) is 29.9 Å². The van der Waals surface area contributed by atoms with Crippen molar-refractivity contribution in [2.75, 3.05) is 18.1 Å². The van der Waals surface area contributed by atoms with E-state index in [1.807, 2.05) is 6.92 Å². The maximum Gasteiger partial charge on any atom is 0.325 e. The zero-order valence-electron chi connectivity index (χ0n) is 21.4. The number of aliphatic hydroxyl groups excluding tert-OH is 1. The minimum Gasteiger partial charge on any atom is -0.390 e. The van der Waals surface area contributed by atoms with Gasteiger partial charge in [-0.05, 0) is 24.1 Å². The van der Waals surface area contributed by atoms with Gasteiger partial charge in [0.25, 0.3) is 0 Å². The first-order valence-electron chi connectivity index (χ1n) is 12.5. The van der Waals surface area contributed by atoms with Crippen molar-refractivity contribution in [2.45, 2.75) is 57.0 Å². The predicted molar refractivity (Wildman–Crippen MR) is 144 cm³/mol. The number of nitrogens with two attached hydrogens (primary N) is 2. The van der Waals surface area contributed by atoms with Crippen molar-refractivity contribution in [3.05, 3.63) is 25.3 Å². The van der Waals surface area contributed by atoms with Crippen LogP contribution in [-0.4, -0.2) is 80.1 Å². The normalized spacial score (nSPS) is 32.2. The molecule has 1 unspecified atom stereocenters. The van der Waals surface area contributed by atoms with Gasteiger partial charge in [0, 0.05) is 5.92 Å². The molecular formula is C22H28FN10O5PS. The Labute approximate surface area is 232 Å². The van der Waals surface area contributed by atoms with Crippen molar-refractivity contribution in [1.82, 2.24) is 39.0 Å². The number of rotatable bonds is 7. The summed E-state index contributed by atoms with van der Waals surface area (Å²) in [5, 5.41) is 10.9. The van der Waals surface area contributed by atoms with Gasteiger partial charge >= 0.3 is 6.72 Å². The smallest absolute Gasteiger partial charge is 0.325 e. The minimum absolute atomic E-state index is 0.171. The summed E-state index contributed by atoms with van der Waals surface area (Å²) in [6, 6.07) is -0.465. The van der Waals surface area contributed by atoms with Gasteiger partial charge in [0.05, 0.1) is 37.5 Å². The van der Waals surface area contributed by atoms with E-state index in [1.54, 1.807) is 11.5 Å². The first kappa shape index (κ1) is 27.3. The van der Waals surface area contributed by atoms with Gasteiger partial charge in [-0.2, -0.15) is 0 Å². The molecule has 4 aromatic rings. The number of hydrogen-bond donors (Lipinski definition) is 4. The van der Waals surface area contributed by atoms with Gasteiger partial charge in [-0.1, -0.05) is 13.8 Å². The van der Waals surface area contributed by atoms with Crippen LogP contribution < -0.4 is 11.5 Å². The Morgan fingerprint density at radius 1 is 1.05 bits per heavy atom. The number of halogens is 1. The Balaban J connectivity index is 1.17. The average molecular weight is 595 g/mol. The summed E-state index contributed by atoms with van der Waals surface area (Å²) in [5.41, 5.74) is 13.3. The van der Waals surface area contributed by atoms with Gasteiger partial charge in [-0.3, -0.25) is 4.57 Å². The molecule has 6 rings (SSSR count). The summed E-state index contributed by atoms with van der Waals surface area (Å²) in [5.74, 6) is -0.414. The highest BCUT2D eigenvalue weighted by Gasteiger charge is 2.47. The molecular weight excluding hydrogens is 566 g/mol. The molecule has 0 spiro atoms. The van der Waals surface area contributed by atoms with E-state index in [2.05, 4.69) is 29.9 Å².